The summed E-state index contributed by atoms with van der Waals surface area (Å²) in [5.41, 5.74) is 2.00. The molecule has 1 aliphatic rings. The van der Waals surface area contributed by atoms with Crippen LogP contribution in [0.5, 0.6) is 0 Å². The third-order valence-corrected chi connectivity index (χ3v) is 4.00. The van der Waals surface area contributed by atoms with Crippen LogP contribution in [0.15, 0.2) is 29.6 Å². The van der Waals surface area contributed by atoms with E-state index in [9.17, 15) is 9.18 Å². The molecule has 1 aliphatic heterocycles. The third kappa shape index (κ3) is 2.61. The van der Waals surface area contributed by atoms with Crippen LogP contribution in [0.1, 0.15) is 16.9 Å². The minimum atomic E-state index is -0.272. The van der Waals surface area contributed by atoms with Crippen LogP contribution in [0, 0.1) is 5.82 Å². The van der Waals surface area contributed by atoms with E-state index < -0.39 is 0 Å². The largest absolute Gasteiger partial charge is 0.378 e. The number of hydrogen-bond donors (Lipinski definition) is 2. The Bertz CT molecular complexity index is 610. The smallest absolute Gasteiger partial charge is 0.224 e. The monoisotopic (exact) mass is 276 g/mol. The highest BCUT2D eigenvalue weighted by atomic mass is 32.1. The van der Waals surface area contributed by atoms with Crippen molar-refractivity contribution in [2.75, 3.05) is 10.6 Å². The molecule has 2 heterocycles. The fourth-order valence-corrected chi connectivity index (χ4v) is 2.77. The molecule has 98 valence electrons. The molecule has 2 aromatic rings. The van der Waals surface area contributed by atoms with Gasteiger partial charge < -0.3 is 10.6 Å². The van der Waals surface area contributed by atoms with Crippen molar-refractivity contribution in [1.29, 1.82) is 0 Å². The Morgan fingerprint density at radius 2 is 2.26 bits per heavy atom. The van der Waals surface area contributed by atoms with E-state index in [4.69, 9.17) is 0 Å². The molecule has 2 N–H and O–H groups in total. The molecule has 0 unspecified atom stereocenters. The van der Waals surface area contributed by atoms with Gasteiger partial charge in [0.2, 0.25) is 5.91 Å². The van der Waals surface area contributed by atoms with Gasteiger partial charge in [0, 0.05) is 23.5 Å². The minimum Gasteiger partial charge on any atom is -0.378 e. The number of amides is 1. The van der Waals surface area contributed by atoms with Gasteiger partial charge in [0.05, 0.1) is 5.69 Å². The number of benzene rings is 1. The Balaban J connectivity index is 1.81. The van der Waals surface area contributed by atoms with E-state index in [1.165, 1.54) is 6.07 Å². The molecular weight excluding hydrogens is 263 g/mol. The molecule has 1 amide bonds. The van der Waals surface area contributed by atoms with E-state index in [1.54, 1.807) is 17.4 Å². The van der Waals surface area contributed by atoms with E-state index >= 15 is 0 Å². The normalized spacial score (nSPS) is 13.8. The number of aryl methyl sites for hydroxylation is 1. The summed E-state index contributed by atoms with van der Waals surface area (Å²) in [5.74, 6) is -0.283. The number of anilines is 2. The third-order valence-electron chi connectivity index (χ3n) is 3.12. The number of carbonyl (C=O) groups excluding carboxylic acids is 1. The molecule has 1 aromatic heterocycles. The predicted molar refractivity (Wildman–Crippen MR) is 75.0 cm³/mol. The van der Waals surface area contributed by atoms with Crippen LogP contribution in [0.25, 0.3) is 0 Å². The number of carbonyl (C=O) groups is 1. The Morgan fingerprint density at radius 1 is 1.37 bits per heavy atom. The van der Waals surface area contributed by atoms with E-state index in [-0.39, 0.29) is 11.7 Å². The average Bonchev–Trinajstić information content (AvgIpc) is 2.90. The Morgan fingerprint density at radius 3 is 3.05 bits per heavy atom. The van der Waals surface area contributed by atoms with Crippen LogP contribution < -0.4 is 10.6 Å². The maximum absolute atomic E-state index is 13.9. The van der Waals surface area contributed by atoms with Crippen molar-refractivity contribution < 1.29 is 9.18 Å². The van der Waals surface area contributed by atoms with Gasteiger partial charge in [-0.25, -0.2) is 4.39 Å². The van der Waals surface area contributed by atoms with Crippen LogP contribution in [0.2, 0.25) is 0 Å². The predicted octanol–water partition coefficient (Wildman–Crippen LogP) is 3.38. The summed E-state index contributed by atoms with van der Waals surface area (Å²) < 4.78 is 13.9. The summed E-state index contributed by atoms with van der Waals surface area (Å²) in [5, 5.41) is 7.83. The summed E-state index contributed by atoms with van der Waals surface area (Å²) >= 11 is 1.62. The van der Waals surface area contributed by atoms with Gasteiger partial charge in [-0.1, -0.05) is 6.07 Å². The molecule has 3 nitrogen and oxygen atoms in total. The van der Waals surface area contributed by atoms with E-state index in [0.717, 1.165) is 10.4 Å². The summed E-state index contributed by atoms with van der Waals surface area (Å²) in [6, 6.07) is 7.14. The number of nitrogens with one attached hydrogen (secondary N) is 2. The van der Waals surface area contributed by atoms with Crippen LogP contribution in [0.4, 0.5) is 15.8 Å². The van der Waals surface area contributed by atoms with Gasteiger partial charge in [0.1, 0.15) is 5.82 Å². The molecule has 3 rings (SSSR count). The second kappa shape index (κ2) is 5.01. The zero-order valence-electron chi connectivity index (χ0n) is 10.2. The van der Waals surface area contributed by atoms with E-state index in [0.29, 0.717) is 30.8 Å². The lowest BCUT2D eigenvalue weighted by Gasteiger charge is -2.18. The first kappa shape index (κ1) is 12.2. The first-order chi connectivity index (χ1) is 9.22. The number of thiophene rings is 1. The van der Waals surface area contributed by atoms with E-state index in [1.807, 2.05) is 17.5 Å². The molecule has 0 radical (unpaired) electrons. The molecule has 0 spiro atoms. The van der Waals surface area contributed by atoms with Crippen LogP contribution >= 0.6 is 11.3 Å². The first-order valence-electron chi connectivity index (χ1n) is 6.11. The van der Waals surface area contributed by atoms with Crippen LogP contribution in [-0.2, 0) is 17.8 Å². The van der Waals surface area contributed by atoms with Crippen molar-refractivity contribution in [1.82, 2.24) is 0 Å². The van der Waals surface area contributed by atoms with E-state index in [2.05, 4.69) is 10.6 Å². The molecule has 0 fully saturated rings. The average molecular weight is 276 g/mol. The Kier molecular flexibility index (Phi) is 3.21. The van der Waals surface area contributed by atoms with Gasteiger partial charge in [-0.15, -0.1) is 11.3 Å². The molecule has 1 aromatic carbocycles. The lowest BCUT2D eigenvalue weighted by atomic mass is 10.0. The van der Waals surface area contributed by atoms with Gasteiger partial charge in [-0.05, 0) is 35.6 Å². The molecular formula is C14H13FN2OS. The summed E-state index contributed by atoms with van der Waals surface area (Å²) in [6.45, 7) is 0.585. The molecule has 0 atom stereocenters. The molecule has 0 aliphatic carbocycles. The molecule has 0 saturated heterocycles. The van der Waals surface area contributed by atoms with Crippen molar-refractivity contribution in [2.24, 2.45) is 0 Å². The maximum atomic E-state index is 13.9. The Hall–Kier alpha value is -1.88. The van der Waals surface area contributed by atoms with Gasteiger partial charge in [-0.2, -0.15) is 0 Å². The fourth-order valence-electron chi connectivity index (χ4n) is 2.13. The summed E-state index contributed by atoms with van der Waals surface area (Å²) in [7, 11) is 0. The lowest BCUT2D eigenvalue weighted by Crippen LogP contribution is -2.19. The lowest BCUT2D eigenvalue weighted by molar-refractivity contribution is -0.116. The van der Waals surface area contributed by atoms with Crippen molar-refractivity contribution >= 4 is 28.6 Å². The number of fused-ring (bicyclic) bond motifs is 1. The molecule has 5 heteroatoms. The molecule has 0 saturated carbocycles. The van der Waals surface area contributed by atoms with Crippen molar-refractivity contribution in [3.8, 4) is 0 Å². The highest BCUT2D eigenvalue weighted by molar-refractivity contribution is 7.09. The SMILES string of the molecule is O=C1CCc2cc(F)c(NCc3cccs3)cc2N1. The summed E-state index contributed by atoms with van der Waals surface area (Å²) in [6.07, 6.45) is 1.03. The van der Waals surface area contributed by atoms with Gasteiger partial charge >= 0.3 is 0 Å². The fraction of sp³-hybridized carbons (Fsp3) is 0.214. The highest BCUT2D eigenvalue weighted by Crippen LogP contribution is 2.29. The highest BCUT2D eigenvalue weighted by Gasteiger charge is 2.17. The quantitative estimate of drug-likeness (QED) is 0.902. The van der Waals surface area contributed by atoms with Gasteiger partial charge in [0.15, 0.2) is 0 Å². The minimum absolute atomic E-state index is 0.0108. The first-order valence-corrected chi connectivity index (χ1v) is 6.99. The second-order valence-corrected chi connectivity index (χ2v) is 5.50. The number of halogens is 1. The maximum Gasteiger partial charge on any atom is 0.224 e. The van der Waals surface area contributed by atoms with Crippen molar-refractivity contribution in [3.05, 3.63) is 45.9 Å². The zero-order chi connectivity index (χ0) is 13.2. The van der Waals surface area contributed by atoms with Crippen LogP contribution in [-0.4, -0.2) is 5.91 Å². The standard InChI is InChI=1S/C14H13FN2OS/c15-11-6-9-3-4-14(18)17-12(9)7-13(11)16-8-10-2-1-5-19-10/h1-2,5-7,16H,3-4,8H2,(H,17,18). The number of rotatable bonds is 3. The summed E-state index contributed by atoms with van der Waals surface area (Å²) in [4.78, 5) is 12.5. The molecule has 0 bridgehead atoms. The topological polar surface area (TPSA) is 41.1 Å². The van der Waals surface area contributed by atoms with Crippen molar-refractivity contribution in [3.63, 3.8) is 0 Å². The molecule has 19 heavy (non-hydrogen) atoms. The van der Waals surface area contributed by atoms with Gasteiger partial charge in [0.25, 0.3) is 0 Å². The van der Waals surface area contributed by atoms with Crippen LogP contribution in [0.3, 0.4) is 0 Å². The second-order valence-electron chi connectivity index (χ2n) is 4.47. The Labute approximate surface area is 114 Å². The number of hydrogen-bond acceptors (Lipinski definition) is 3. The zero-order valence-corrected chi connectivity index (χ0v) is 11.0. The van der Waals surface area contributed by atoms with Gasteiger partial charge in [-0.3, -0.25) is 4.79 Å². The van der Waals surface area contributed by atoms with Crippen molar-refractivity contribution in [2.45, 2.75) is 19.4 Å².